The van der Waals surface area contributed by atoms with Crippen molar-refractivity contribution in [1.29, 1.82) is 0 Å². The lowest BCUT2D eigenvalue weighted by Gasteiger charge is -2.39. The van der Waals surface area contributed by atoms with Crippen LogP contribution in [0.25, 0.3) is 0 Å². The zero-order valence-electron chi connectivity index (χ0n) is 13.8. The second-order valence-corrected chi connectivity index (χ2v) is 6.50. The molecule has 1 fully saturated rings. The van der Waals surface area contributed by atoms with Crippen molar-refractivity contribution in [2.24, 2.45) is 0 Å². The molecule has 0 saturated heterocycles. The van der Waals surface area contributed by atoms with E-state index >= 15 is 0 Å². The monoisotopic (exact) mass is 268 g/mol. The van der Waals surface area contributed by atoms with Crippen LogP contribution < -0.4 is 5.32 Å². The van der Waals surface area contributed by atoms with Crippen molar-refractivity contribution in [3.8, 4) is 0 Å². The maximum atomic E-state index is 3.69. The SMILES string of the molecule is CCCCCN(C(C)C)C1CCC(NCCC)CC1. The zero-order chi connectivity index (χ0) is 14.1. The van der Waals surface area contributed by atoms with Gasteiger partial charge in [0.2, 0.25) is 0 Å². The Morgan fingerprint density at radius 2 is 1.68 bits per heavy atom. The van der Waals surface area contributed by atoms with E-state index in [0.29, 0.717) is 6.04 Å². The van der Waals surface area contributed by atoms with Gasteiger partial charge in [0.25, 0.3) is 0 Å². The summed E-state index contributed by atoms with van der Waals surface area (Å²) in [5, 5.41) is 3.69. The summed E-state index contributed by atoms with van der Waals surface area (Å²) >= 11 is 0. The minimum absolute atomic E-state index is 0.710. The molecule has 0 atom stereocenters. The Morgan fingerprint density at radius 3 is 2.21 bits per heavy atom. The van der Waals surface area contributed by atoms with Crippen LogP contribution in [0.1, 0.15) is 79.1 Å². The predicted molar refractivity (Wildman–Crippen MR) is 85.7 cm³/mol. The van der Waals surface area contributed by atoms with Gasteiger partial charge in [-0.1, -0.05) is 26.7 Å². The molecule has 1 saturated carbocycles. The van der Waals surface area contributed by atoms with Crippen LogP contribution in [0.4, 0.5) is 0 Å². The molecule has 0 spiro atoms. The van der Waals surface area contributed by atoms with E-state index in [1.807, 2.05) is 0 Å². The van der Waals surface area contributed by atoms with Crippen LogP contribution in [0.2, 0.25) is 0 Å². The first-order valence-electron chi connectivity index (χ1n) is 8.68. The third kappa shape index (κ3) is 6.27. The van der Waals surface area contributed by atoms with E-state index in [4.69, 9.17) is 0 Å². The summed E-state index contributed by atoms with van der Waals surface area (Å²) in [5.41, 5.74) is 0. The first-order valence-corrected chi connectivity index (χ1v) is 8.68. The molecular weight excluding hydrogens is 232 g/mol. The fraction of sp³-hybridized carbons (Fsp3) is 1.00. The molecule has 0 aliphatic heterocycles. The van der Waals surface area contributed by atoms with Crippen LogP contribution in [0.5, 0.6) is 0 Å². The van der Waals surface area contributed by atoms with Crippen LogP contribution in [-0.4, -0.2) is 36.1 Å². The van der Waals surface area contributed by atoms with Crippen LogP contribution >= 0.6 is 0 Å². The number of rotatable bonds is 9. The minimum atomic E-state index is 0.710. The Labute approximate surface area is 121 Å². The molecule has 1 aliphatic rings. The van der Waals surface area contributed by atoms with Gasteiger partial charge in [-0.3, -0.25) is 4.90 Å². The molecule has 0 heterocycles. The summed E-state index contributed by atoms with van der Waals surface area (Å²) in [6, 6.07) is 2.35. The molecule has 19 heavy (non-hydrogen) atoms. The maximum absolute atomic E-state index is 3.69. The molecule has 1 rings (SSSR count). The van der Waals surface area contributed by atoms with Gasteiger partial charge in [-0.2, -0.15) is 0 Å². The number of nitrogens with one attached hydrogen (secondary N) is 1. The highest BCUT2D eigenvalue weighted by molar-refractivity contribution is 4.84. The Kier molecular flexibility index (Phi) is 8.72. The normalized spacial score (nSPS) is 24.3. The average molecular weight is 268 g/mol. The molecule has 0 radical (unpaired) electrons. The van der Waals surface area contributed by atoms with Crippen molar-refractivity contribution in [2.45, 2.75) is 97.2 Å². The van der Waals surface area contributed by atoms with Crippen molar-refractivity contribution in [3.63, 3.8) is 0 Å². The van der Waals surface area contributed by atoms with Crippen molar-refractivity contribution >= 4 is 0 Å². The summed E-state index contributed by atoms with van der Waals surface area (Å²) < 4.78 is 0. The highest BCUT2D eigenvalue weighted by Gasteiger charge is 2.26. The Balaban J connectivity index is 2.32. The standard InChI is InChI=1S/C17H36N2/c1-5-7-8-14-19(15(3)4)17-11-9-16(10-12-17)18-13-6-2/h15-18H,5-14H2,1-4H3. The number of nitrogens with zero attached hydrogens (tertiary/aromatic N) is 1. The van der Waals surface area contributed by atoms with Crippen molar-refractivity contribution < 1.29 is 0 Å². The quantitative estimate of drug-likeness (QED) is 0.631. The fourth-order valence-corrected chi connectivity index (χ4v) is 3.37. The smallest absolute Gasteiger partial charge is 0.00991 e. The summed E-state index contributed by atoms with van der Waals surface area (Å²) in [7, 11) is 0. The molecule has 2 heteroatoms. The van der Waals surface area contributed by atoms with E-state index in [1.54, 1.807) is 0 Å². The average Bonchev–Trinajstić information content (AvgIpc) is 2.42. The van der Waals surface area contributed by atoms with Crippen LogP contribution in [0, 0.1) is 0 Å². The van der Waals surface area contributed by atoms with Crippen LogP contribution in [0.3, 0.4) is 0 Å². The van der Waals surface area contributed by atoms with Gasteiger partial charge in [0.15, 0.2) is 0 Å². The van der Waals surface area contributed by atoms with E-state index in [-0.39, 0.29) is 0 Å². The maximum Gasteiger partial charge on any atom is 0.00991 e. The topological polar surface area (TPSA) is 15.3 Å². The number of unbranched alkanes of at least 4 members (excludes halogenated alkanes) is 2. The van der Waals surface area contributed by atoms with E-state index in [9.17, 15) is 0 Å². The molecule has 0 aromatic heterocycles. The van der Waals surface area contributed by atoms with Gasteiger partial charge in [-0.15, -0.1) is 0 Å². The highest BCUT2D eigenvalue weighted by Crippen LogP contribution is 2.25. The molecule has 1 aliphatic carbocycles. The Hall–Kier alpha value is -0.0800. The molecule has 0 amide bonds. The number of hydrogen-bond donors (Lipinski definition) is 1. The van der Waals surface area contributed by atoms with Crippen molar-refractivity contribution in [2.75, 3.05) is 13.1 Å². The van der Waals surface area contributed by atoms with Gasteiger partial charge in [-0.05, 0) is 65.5 Å². The van der Waals surface area contributed by atoms with Crippen molar-refractivity contribution in [1.82, 2.24) is 10.2 Å². The first-order chi connectivity index (χ1) is 9.19. The summed E-state index contributed by atoms with van der Waals surface area (Å²) in [6.07, 6.45) is 10.9. The van der Waals surface area contributed by atoms with Gasteiger partial charge < -0.3 is 5.32 Å². The van der Waals surface area contributed by atoms with E-state index in [2.05, 4.69) is 37.9 Å². The van der Waals surface area contributed by atoms with E-state index < -0.39 is 0 Å². The zero-order valence-corrected chi connectivity index (χ0v) is 13.8. The van der Waals surface area contributed by atoms with Gasteiger partial charge in [-0.25, -0.2) is 0 Å². The number of hydrogen-bond acceptors (Lipinski definition) is 2. The second-order valence-electron chi connectivity index (χ2n) is 6.50. The fourth-order valence-electron chi connectivity index (χ4n) is 3.37. The predicted octanol–water partition coefficient (Wildman–Crippen LogP) is 4.20. The molecule has 1 N–H and O–H groups in total. The highest BCUT2D eigenvalue weighted by atomic mass is 15.2. The van der Waals surface area contributed by atoms with E-state index in [0.717, 1.165) is 12.1 Å². The summed E-state index contributed by atoms with van der Waals surface area (Å²) in [6.45, 7) is 11.8. The van der Waals surface area contributed by atoms with Crippen molar-refractivity contribution in [3.05, 3.63) is 0 Å². The molecular formula is C17H36N2. The molecule has 0 aromatic carbocycles. The first kappa shape index (κ1) is 17.0. The minimum Gasteiger partial charge on any atom is -0.314 e. The van der Waals surface area contributed by atoms with Gasteiger partial charge in [0.1, 0.15) is 0 Å². The van der Waals surface area contributed by atoms with Crippen LogP contribution in [0.15, 0.2) is 0 Å². The Morgan fingerprint density at radius 1 is 1.00 bits per heavy atom. The molecule has 0 bridgehead atoms. The molecule has 0 unspecified atom stereocenters. The molecule has 0 aromatic rings. The van der Waals surface area contributed by atoms with Gasteiger partial charge >= 0.3 is 0 Å². The third-order valence-corrected chi connectivity index (χ3v) is 4.53. The largest absolute Gasteiger partial charge is 0.314 e. The second kappa shape index (κ2) is 9.77. The lowest BCUT2D eigenvalue weighted by Crippen LogP contribution is -2.45. The van der Waals surface area contributed by atoms with Gasteiger partial charge in [0.05, 0.1) is 0 Å². The van der Waals surface area contributed by atoms with E-state index in [1.165, 1.54) is 64.5 Å². The third-order valence-electron chi connectivity index (χ3n) is 4.53. The lowest BCUT2D eigenvalue weighted by atomic mass is 9.89. The molecule has 114 valence electrons. The Bertz CT molecular complexity index is 207. The van der Waals surface area contributed by atoms with Crippen LogP contribution in [-0.2, 0) is 0 Å². The summed E-state index contributed by atoms with van der Waals surface area (Å²) in [4.78, 5) is 2.77. The summed E-state index contributed by atoms with van der Waals surface area (Å²) in [5.74, 6) is 0. The molecule has 2 nitrogen and oxygen atoms in total. The lowest BCUT2D eigenvalue weighted by molar-refractivity contribution is 0.109. The van der Waals surface area contributed by atoms with Gasteiger partial charge in [0, 0.05) is 18.1 Å².